The Morgan fingerprint density at radius 3 is 2.68 bits per heavy atom. The van der Waals surface area contributed by atoms with Gasteiger partial charge in [0.05, 0.1) is 19.2 Å². The molecule has 1 heterocycles. The predicted octanol–water partition coefficient (Wildman–Crippen LogP) is 2.53. The number of halogens is 1. The summed E-state index contributed by atoms with van der Waals surface area (Å²) in [5, 5.41) is 16.5. The Morgan fingerprint density at radius 1 is 1.20 bits per heavy atom. The Morgan fingerprint density at radius 2 is 2.00 bits per heavy atom. The van der Waals surface area contributed by atoms with E-state index < -0.39 is 6.04 Å². The van der Waals surface area contributed by atoms with Crippen molar-refractivity contribution in [1.82, 2.24) is 15.1 Å². The van der Waals surface area contributed by atoms with Crippen molar-refractivity contribution in [3.8, 4) is 0 Å². The first kappa shape index (κ1) is 16.9. The van der Waals surface area contributed by atoms with Crippen LogP contribution in [-0.4, -0.2) is 27.4 Å². The van der Waals surface area contributed by atoms with Gasteiger partial charge in [0.1, 0.15) is 5.82 Å². The molecule has 128 valence electrons. The smallest absolute Gasteiger partial charge is 0.251 e. The highest BCUT2D eigenvalue weighted by Gasteiger charge is 2.15. The number of benzene rings is 2. The third-order valence-corrected chi connectivity index (χ3v) is 3.85. The van der Waals surface area contributed by atoms with Gasteiger partial charge in [-0.1, -0.05) is 24.3 Å². The zero-order valence-corrected chi connectivity index (χ0v) is 13.5. The van der Waals surface area contributed by atoms with Gasteiger partial charge in [-0.2, -0.15) is 5.10 Å². The Labute approximate surface area is 144 Å². The molecule has 0 bridgehead atoms. The number of carbonyl (C=O) groups excluding carboxylic acids is 1. The fraction of sp³-hybridized carbons (Fsp3) is 0.158. The van der Waals surface area contributed by atoms with Crippen LogP contribution in [0.15, 0.2) is 67.0 Å². The molecule has 5 nitrogen and oxygen atoms in total. The molecular formula is C19H18FN3O2. The minimum Gasteiger partial charge on any atom is -0.394 e. The highest BCUT2D eigenvalue weighted by atomic mass is 19.1. The number of rotatable bonds is 6. The molecule has 0 aliphatic carbocycles. The van der Waals surface area contributed by atoms with Gasteiger partial charge < -0.3 is 10.4 Å². The first-order valence-corrected chi connectivity index (χ1v) is 7.89. The lowest BCUT2D eigenvalue weighted by Gasteiger charge is -2.17. The zero-order valence-electron chi connectivity index (χ0n) is 13.5. The Kier molecular flexibility index (Phi) is 5.20. The summed E-state index contributed by atoms with van der Waals surface area (Å²) in [6.45, 7) is 0.292. The molecule has 3 rings (SSSR count). The van der Waals surface area contributed by atoms with E-state index in [0.717, 1.165) is 5.56 Å². The number of nitrogens with zero attached hydrogens (tertiary/aromatic N) is 2. The second-order valence-electron chi connectivity index (χ2n) is 5.66. The van der Waals surface area contributed by atoms with Crippen LogP contribution in [0.3, 0.4) is 0 Å². The van der Waals surface area contributed by atoms with Crippen molar-refractivity contribution in [2.45, 2.75) is 12.6 Å². The second-order valence-corrected chi connectivity index (χ2v) is 5.66. The maximum atomic E-state index is 13.0. The van der Waals surface area contributed by atoms with Crippen LogP contribution in [0.1, 0.15) is 27.5 Å². The van der Waals surface area contributed by atoms with Gasteiger partial charge in [0, 0.05) is 18.0 Å². The fourth-order valence-electron chi connectivity index (χ4n) is 2.56. The molecule has 0 radical (unpaired) electrons. The van der Waals surface area contributed by atoms with Crippen LogP contribution in [0.2, 0.25) is 0 Å². The van der Waals surface area contributed by atoms with Crippen molar-refractivity contribution in [2.75, 3.05) is 6.61 Å². The minimum absolute atomic E-state index is 0.273. The summed E-state index contributed by atoms with van der Waals surface area (Å²) < 4.78 is 14.8. The van der Waals surface area contributed by atoms with Crippen LogP contribution >= 0.6 is 0 Å². The van der Waals surface area contributed by atoms with Crippen molar-refractivity contribution in [1.29, 1.82) is 0 Å². The van der Waals surface area contributed by atoms with Gasteiger partial charge >= 0.3 is 0 Å². The number of hydrogen-bond donors (Lipinski definition) is 2. The number of aliphatic hydroxyl groups excluding tert-OH is 1. The van der Waals surface area contributed by atoms with Crippen LogP contribution < -0.4 is 5.32 Å². The molecule has 0 fully saturated rings. The molecule has 0 unspecified atom stereocenters. The summed E-state index contributed by atoms with van der Waals surface area (Å²) in [4.78, 5) is 12.5. The number of aliphatic hydroxyl groups is 1. The SMILES string of the molecule is O=C(N[C@@H](CO)c1ccc(F)cc1)c1cccc(Cn2cccn2)c1. The molecule has 1 aromatic heterocycles. The average molecular weight is 339 g/mol. The van der Waals surface area contributed by atoms with Crippen LogP contribution in [0.4, 0.5) is 4.39 Å². The standard InChI is InChI=1S/C19H18FN3O2/c20-17-7-5-15(6-8-17)18(13-24)22-19(25)16-4-1-3-14(11-16)12-23-10-2-9-21-23/h1-11,18,24H,12-13H2,(H,22,25)/t18-/m0/s1. The lowest BCUT2D eigenvalue weighted by atomic mass is 10.1. The van der Waals surface area contributed by atoms with Gasteiger partial charge in [-0.25, -0.2) is 4.39 Å². The molecular weight excluding hydrogens is 321 g/mol. The summed E-state index contributed by atoms with van der Waals surface area (Å²) in [5.74, 6) is -0.663. The fourth-order valence-corrected chi connectivity index (χ4v) is 2.56. The third kappa shape index (κ3) is 4.30. The van der Waals surface area contributed by atoms with E-state index in [9.17, 15) is 14.3 Å². The normalized spacial score (nSPS) is 11.9. The number of amides is 1. The Hall–Kier alpha value is -2.99. The van der Waals surface area contributed by atoms with Gasteiger partial charge in [-0.05, 0) is 41.5 Å². The summed E-state index contributed by atoms with van der Waals surface area (Å²) in [7, 11) is 0. The largest absolute Gasteiger partial charge is 0.394 e. The van der Waals surface area contributed by atoms with Crippen LogP contribution in [0, 0.1) is 5.82 Å². The van der Waals surface area contributed by atoms with Gasteiger partial charge in [0.2, 0.25) is 0 Å². The molecule has 1 atom stereocenters. The number of nitrogens with one attached hydrogen (secondary N) is 1. The van der Waals surface area contributed by atoms with Crippen molar-refractivity contribution in [3.63, 3.8) is 0 Å². The maximum absolute atomic E-state index is 13.0. The zero-order chi connectivity index (χ0) is 17.6. The molecule has 6 heteroatoms. The van der Waals surface area contributed by atoms with Crippen LogP contribution in [0.5, 0.6) is 0 Å². The summed E-state index contributed by atoms with van der Waals surface area (Å²) in [6.07, 6.45) is 3.55. The highest BCUT2D eigenvalue weighted by Crippen LogP contribution is 2.15. The molecule has 0 aliphatic rings. The lowest BCUT2D eigenvalue weighted by molar-refractivity contribution is 0.0916. The van der Waals surface area contributed by atoms with Crippen molar-refractivity contribution in [3.05, 3.63) is 89.5 Å². The molecule has 3 aromatic rings. The monoisotopic (exact) mass is 339 g/mol. The molecule has 2 N–H and O–H groups in total. The summed E-state index contributed by atoms with van der Waals surface area (Å²) >= 11 is 0. The van der Waals surface area contributed by atoms with Crippen LogP contribution in [0.25, 0.3) is 0 Å². The molecule has 0 spiro atoms. The predicted molar refractivity (Wildman–Crippen MR) is 91.5 cm³/mol. The second kappa shape index (κ2) is 7.72. The maximum Gasteiger partial charge on any atom is 0.251 e. The number of aromatic nitrogens is 2. The Balaban J connectivity index is 1.72. The van der Waals surface area contributed by atoms with Crippen molar-refractivity contribution < 1.29 is 14.3 Å². The van der Waals surface area contributed by atoms with E-state index in [0.29, 0.717) is 17.7 Å². The quantitative estimate of drug-likeness (QED) is 0.725. The van der Waals surface area contributed by atoms with E-state index in [2.05, 4.69) is 10.4 Å². The van der Waals surface area contributed by atoms with E-state index in [1.54, 1.807) is 41.2 Å². The van der Waals surface area contributed by atoms with E-state index >= 15 is 0 Å². The molecule has 0 aliphatic heterocycles. The first-order chi connectivity index (χ1) is 12.2. The molecule has 2 aromatic carbocycles. The minimum atomic E-state index is -0.595. The number of hydrogen-bond acceptors (Lipinski definition) is 3. The van der Waals surface area contributed by atoms with Crippen molar-refractivity contribution >= 4 is 5.91 Å². The average Bonchev–Trinajstić information content (AvgIpc) is 3.13. The number of carbonyl (C=O) groups is 1. The topological polar surface area (TPSA) is 67.2 Å². The van der Waals surface area contributed by atoms with Gasteiger partial charge in [-0.3, -0.25) is 9.48 Å². The summed E-state index contributed by atoms with van der Waals surface area (Å²) in [6, 6.07) is 14.2. The van der Waals surface area contributed by atoms with Crippen LogP contribution in [-0.2, 0) is 6.54 Å². The first-order valence-electron chi connectivity index (χ1n) is 7.89. The van der Waals surface area contributed by atoms with Gasteiger partial charge in [-0.15, -0.1) is 0 Å². The molecule has 25 heavy (non-hydrogen) atoms. The van der Waals surface area contributed by atoms with Gasteiger partial charge in [0.15, 0.2) is 0 Å². The van der Waals surface area contributed by atoms with E-state index in [1.807, 2.05) is 18.3 Å². The Bertz CT molecular complexity index is 832. The van der Waals surface area contributed by atoms with E-state index in [1.165, 1.54) is 12.1 Å². The van der Waals surface area contributed by atoms with Crippen molar-refractivity contribution in [2.24, 2.45) is 0 Å². The molecule has 0 saturated carbocycles. The van der Waals surface area contributed by atoms with Gasteiger partial charge in [0.25, 0.3) is 5.91 Å². The molecule has 1 amide bonds. The third-order valence-electron chi connectivity index (χ3n) is 3.85. The van der Waals surface area contributed by atoms with E-state index in [-0.39, 0.29) is 18.3 Å². The highest BCUT2D eigenvalue weighted by molar-refractivity contribution is 5.94. The van der Waals surface area contributed by atoms with E-state index in [4.69, 9.17) is 0 Å². The lowest BCUT2D eigenvalue weighted by Crippen LogP contribution is -2.30. The summed E-state index contributed by atoms with van der Waals surface area (Å²) in [5.41, 5.74) is 2.08. The molecule has 0 saturated heterocycles.